The smallest absolute Gasteiger partial charge is 0.257 e. The zero-order valence-electron chi connectivity index (χ0n) is 17.7. The van der Waals surface area contributed by atoms with Crippen molar-refractivity contribution in [1.82, 2.24) is 10.2 Å². The van der Waals surface area contributed by atoms with Crippen LogP contribution in [0.25, 0.3) is 0 Å². The van der Waals surface area contributed by atoms with Crippen LogP contribution in [-0.2, 0) is 4.79 Å². The maximum atomic E-state index is 12.3. The number of carbonyl (C=O) groups excluding carboxylic acids is 2. The highest BCUT2D eigenvalue weighted by atomic mass is 127. The number of anilines is 2. The largest absolute Gasteiger partial charge is 0.368 e. The molecule has 0 saturated carbocycles. The molecule has 0 unspecified atom stereocenters. The molecule has 1 aliphatic rings. The number of benzene rings is 2. The first kappa shape index (κ1) is 23.5. The van der Waals surface area contributed by atoms with E-state index in [2.05, 4.69) is 52.0 Å². The molecule has 1 fully saturated rings. The number of rotatable bonds is 5. The Labute approximate surface area is 202 Å². The predicted molar refractivity (Wildman–Crippen MR) is 138 cm³/mol. The van der Waals surface area contributed by atoms with E-state index in [0.717, 1.165) is 41.1 Å². The number of thiocarbonyl (C=S) groups is 1. The van der Waals surface area contributed by atoms with Gasteiger partial charge in [-0.2, -0.15) is 0 Å². The van der Waals surface area contributed by atoms with Gasteiger partial charge in [-0.3, -0.25) is 14.9 Å². The molecule has 8 heteroatoms. The van der Waals surface area contributed by atoms with Gasteiger partial charge in [0.25, 0.3) is 5.91 Å². The van der Waals surface area contributed by atoms with Gasteiger partial charge in [-0.05, 0) is 83.2 Å². The van der Waals surface area contributed by atoms with Crippen LogP contribution in [0.3, 0.4) is 0 Å². The zero-order chi connectivity index (χ0) is 22.4. The second-order valence-electron chi connectivity index (χ2n) is 7.93. The van der Waals surface area contributed by atoms with E-state index in [1.165, 1.54) is 0 Å². The van der Waals surface area contributed by atoms with Crippen LogP contribution < -0.4 is 15.5 Å². The highest BCUT2D eigenvalue weighted by Crippen LogP contribution is 2.20. The fourth-order valence-electron chi connectivity index (χ4n) is 3.42. The van der Waals surface area contributed by atoms with E-state index in [1.54, 1.807) is 6.07 Å². The van der Waals surface area contributed by atoms with Crippen molar-refractivity contribution in [2.24, 2.45) is 5.92 Å². The van der Waals surface area contributed by atoms with Gasteiger partial charge >= 0.3 is 0 Å². The Morgan fingerprint density at radius 3 is 2.35 bits per heavy atom. The summed E-state index contributed by atoms with van der Waals surface area (Å²) in [6.45, 7) is 7.29. The van der Waals surface area contributed by atoms with Crippen LogP contribution in [0.2, 0.25) is 0 Å². The molecule has 1 aliphatic heterocycles. The summed E-state index contributed by atoms with van der Waals surface area (Å²) < 4.78 is 0.991. The first-order chi connectivity index (χ1) is 14.8. The average molecular weight is 550 g/mol. The van der Waals surface area contributed by atoms with E-state index in [1.807, 2.05) is 47.4 Å². The lowest BCUT2D eigenvalue weighted by molar-refractivity contribution is -0.132. The van der Waals surface area contributed by atoms with Gasteiger partial charge in [-0.25, -0.2) is 0 Å². The van der Waals surface area contributed by atoms with Gasteiger partial charge in [-0.15, -0.1) is 0 Å². The van der Waals surface area contributed by atoms with E-state index in [9.17, 15) is 9.59 Å². The Kier molecular flexibility index (Phi) is 8.25. The summed E-state index contributed by atoms with van der Waals surface area (Å²) >= 11 is 7.45. The van der Waals surface area contributed by atoms with Crippen molar-refractivity contribution in [3.8, 4) is 0 Å². The minimum Gasteiger partial charge on any atom is -0.368 e. The van der Waals surface area contributed by atoms with E-state index >= 15 is 0 Å². The van der Waals surface area contributed by atoms with Crippen molar-refractivity contribution in [3.05, 3.63) is 57.7 Å². The molecule has 2 aromatic rings. The molecule has 0 atom stereocenters. The third-order valence-electron chi connectivity index (χ3n) is 5.02. The van der Waals surface area contributed by atoms with Gasteiger partial charge in [0, 0.05) is 53.1 Å². The Bertz CT molecular complexity index is 941. The maximum Gasteiger partial charge on any atom is 0.257 e. The number of piperazine rings is 1. The average Bonchev–Trinajstić information content (AvgIpc) is 2.74. The van der Waals surface area contributed by atoms with E-state index < -0.39 is 0 Å². The topological polar surface area (TPSA) is 64.7 Å². The van der Waals surface area contributed by atoms with Crippen LogP contribution in [0.15, 0.2) is 48.5 Å². The summed E-state index contributed by atoms with van der Waals surface area (Å²) in [5.41, 5.74) is 2.48. The predicted octanol–water partition coefficient (Wildman–Crippen LogP) is 4.11. The molecule has 0 aliphatic carbocycles. The first-order valence-electron chi connectivity index (χ1n) is 10.3. The molecule has 1 saturated heterocycles. The Morgan fingerprint density at radius 2 is 1.74 bits per heavy atom. The number of amides is 2. The van der Waals surface area contributed by atoms with Gasteiger partial charge in [0.1, 0.15) is 0 Å². The van der Waals surface area contributed by atoms with Crippen molar-refractivity contribution >= 4 is 63.1 Å². The summed E-state index contributed by atoms with van der Waals surface area (Å²) in [4.78, 5) is 28.8. The quantitative estimate of drug-likeness (QED) is 0.434. The Hall–Kier alpha value is -2.20. The maximum absolute atomic E-state index is 12.3. The lowest BCUT2D eigenvalue weighted by atomic mass is 10.1. The fraction of sp³-hybridized carbons (Fsp3) is 0.348. The van der Waals surface area contributed by atoms with Crippen LogP contribution in [0.4, 0.5) is 11.4 Å². The van der Waals surface area contributed by atoms with Crippen molar-refractivity contribution < 1.29 is 9.59 Å². The van der Waals surface area contributed by atoms with Crippen LogP contribution in [0, 0.1) is 9.49 Å². The molecule has 2 aromatic carbocycles. The number of hydrogen-bond donors (Lipinski definition) is 2. The number of nitrogens with zero attached hydrogens (tertiary/aromatic N) is 2. The molecule has 0 radical (unpaired) electrons. The molecule has 0 spiro atoms. The third kappa shape index (κ3) is 6.90. The van der Waals surface area contributed by atoms with Gasteiger partial charge in [0.2, 0.25) is 5.91 Å². The minimum atomic E-state index is -0.238. The standard InChI is InChI=1S/C23H27IN4O2S/c1-16(2)14-21(29)28-12-10-27(11-13-28)20-8-6-19(7-9-20)25-23(31)26-22(30)17-4-3-5-18(24)15-17/h3-9,15-16H,10-14H2,1-2H3,(H2,25,26,30,31). The lowest BCUT2D eigenvalue weighted by Crippen LogP contribution is -2.49. The molecule has 3 rings (SSSR count). The molecule has 164 valence electrons. The normalized spacial score (nSPS) is 13.8. The van der Waals surface area contributed by atoms with Crippen molar-refractivity contribution in [2.45, 2.75) is 20.3 Å². The summed E-state index contributed by atoms with van der Waals surface area (Å²) in [5, 5.41) is 6.02. The minimum absolute atomic E-state index is 0.238. The second-order valence-corrected chi connectivity index (χ2v) is 9.59. The summed E-state index contributed by atoms with van der Waals surface area (Å²) in [6, 6.07) is 15.3. The monoisotopic (exact) mass is 550 g/mol. The SMILES string of the molecule is CC(C)CC(=O)N1CCN(c2ccc(NC(=S)NC(=O)c3cccc(I)c3)cc2)CC1. The second kappa shape index (κ2) is 10.9. The molecule has 31 heavy (non-hydrogen) atoms. The number of nitrogens with one attached hydrogen (secondary N) is 2. The highest BCUT2D eigenvalue weighted by Gasteiger charge is 2.21. The zero-order valence-corrected chi connectivity index (χ0v) is 20.7. The number of hydrogen-bond acceptors (Lipinski definition) is 4. The van der Waals surface area contributed by atoms with Crippen LogP contribution in [0.1, 0.15) is 30.6 Å². The molecular formula is C23H27IN4O2S. The van der Waals surface area contributed by atoms with Crippen molar-refractivity contribution in [2.75, 3.05) is 36.4 Å². The van der Waals surface area contributed by atoms with E-state index in [0.29, 0.717) is 17.9 Å². The Balaban J connectivity index is 1.49. The van der Waals surface area contributed by atoms with Gasteiger partial charge < -0.3 is 15.1 Å². The molecular weight excluding hydrogens is 523 g/mol. The van der Waals surface area contributed by atoms with Gasteiger partial charge in [0.15, 0.2) is 5.11 Å². The lowest BCUT2D eigenvalue weighted by Gasteiger charge is -2.36. The van der Waals surface area contributed by atoms with E-state index in [-0.39, 0.29) is 16.9 Å². The summed E-state index contributed by atoms with van der Waals surface area (Å²) in [5.74, 6) is 0.394. The van der Waals surface area contributed by atoms with Crippen LogP contribution >= 0.6 is 34.8 Å². The molecule has 1 heterocycles. The molecule has 2 amide bonds. The molecule has 6 nitrogen and oxygen atoms in total. The fourth-order valence-corrected chi connectivity index (χ4v) is 4.17. The van der Waals surface area contributed by atoms with Crippen LogP contribution in [-0.4, -0.2) is 48.0 Å². The first-order valence-corrected chi connectivity index (χ1v) is 11.8. The molecule has 2 N–H and O–H groups in total. The van der Waals surface area contributed by atoms with Crippen molar-refractivity contribution in [3.63, 3.8) is 0 Å². The third-order valence-corrected chi connectivity index (χ3v) is 5.89. The summed E-state index contributed by atoms with van der Waals surface area (Å²) in [7, 11) is 0. The van der Waals surface area contributed by atoms with Gasteiger partial charge in [0.05, 0.1) is 0 Å². The molecule has 0 aromatic heterocycles. The molecule has 0 bridgehead atoms. The van der Waals surface area contributed by atoms with Crippen LogP contribution in [0.5, 0.6) is 0 Å². The summed E-state index contributed by atoms with van der Waals surface area (Å²) in [6.07, 6.45) is 0.611. The number of carbonyl (C=O) groups is 2. The Morgan fingerprint density at radius 1 is 1.06 bits per heavy atom. The highest BCUT2D eigenvalue weighted by molar-refractivity contribution is 14.1. The number of halogens is 1. The van der Waals surface area contributed by atoms with Crippen molar-refractivity contribution in [1.29, 1.82) is 0 Å². The van der Waals surface area contributed by atoms with Gasteiger partial charge in [-0.1, -0.05) is 19.9 Å². The van der Waals surface area contributed by atoms with E-state index in [4.69, 9.17) is 12.2 Å².